The van der Waals surface area contributed by atoms with Crippen LogP contribution < -0.4 is 4.74 Å². The molecule has 1 aliphatic rings. The van der Waals surface area contributed by atoms with Crippen LogP contribution in [0.5, 0.6) is 5.88 Å². The molecule has 0 bridgehead atoms. The zero-order valence-electron chi connectivity index (χ0n) is 5.62. The summed E-state index contributed by atoms with van der Waals surface area (Å²) in [5, 5.41) is 0. The van der Waals surface area contributed by atoms with Gasteiger partial charge in [-0.25, -0.2) is 4.98 Å². The number of rotatable bonds is 3. The first-order valence-corrected chi connectivity index (χ1v) is 4.87. The van der Waals surface area contributed by atoms with E-state index >= 15 is 0 Å². The zero-order chi connectivity index (χ0) is 7.68. The van der Waals surface area contributed by atoms with Gasteiger partial charge in [-0.05, 0) is 15.9 Å². The lowest BCUT2D eigenvalue weighted by Crippen LogP contribution is -2.04. The van der Waals surface area contributed by atoms with E-state index in [1.807, 2.05) is 0 Å². The van der Waals surface area contributed by atoms with Crippen LogP contribution in [0.4, 0.5) is 0 Å². The Balaban J connectivity index is 1.89. The summed E-state index contributed by atoms with van der Waals surface area (Å²) in [6.45, 7) is 1.43. The summed E-state index contributed by atoms with van der Waals surface area (Å²) in [5.41, 5.74) is 1.74. The molecule has 1 aromatic rings. The third-order valence-corrected chi connectivity index (χ3v) is 2.79. The number of nitrogens with zero attached hydrogens (tertiary/aromatic N) is 1. The van der Waals surface area contributed by atoms with Crippen molar-refractivity contribution >= 4 is 27.3 Å². The lowest BCUT2D eigenvalue weighted by molar-refractivity contribution is 0.255. The molecule has 11 heavy (non-hydrogen) atoms. The van der Waals surface area contributed by atoms with Gasteiger partial charge in [-0.1, -0.05) is 0 Å². The van der Waals surface area contributed by atoms with Gasteiger partial charge in [0, 0.05) is 0 Å². The predicted molar refractivity (Wildman–Crippen MR) is 45.0 cm³/mol. The normalized spacial score (nSPS) is 21.7. The van der Waals surface area contributed by atoms with Gasteiger partial charge >= 0.3 is 0 Å². The Kier molecular flexibility index (Phi) is 2.11. The van der Waals surface area contributed by atoms with Crippen molar-refractivity contribution in [1.29, 1.82) is 0 Å². The van der Waals surface area contributed by atoms with E-state index in [0.717, 1.165) is 10.4 Å². The first-order valence-electron chi connectivity index (χ1n) is 3.19. The monoisotopic (exact) mass is 235 g/mol. The molecule has 2 rings (SSSR count). The van der Waals surface area contributed by atoms with E-state index in [0.29, 0.717) is 18.6 Å². The van der Waals surface area contributed by atoms with Gasteiger partial charge in [0.05, 0.1) is 12.1 Å². The zero-order valence-corrected chi connectivity index (χ0v) is 8.02. The molecule has 1 atom stereocenters. The minimum absolute atomic E-state index is 0.295. The molecule has 0 aromatic carbocycles. The largest absolute Gasteiger partial charge is 0.473 e. The second kappa shape index (κ2) is 3.08. The van der Waals surface area contributed by atoms with Crippen LogP contribution in [-0.2, 0) is 4.74 Å². The van der Waals surface area contributed by atoms with Crippen molar-refractivity contribution < 1.29 is 9.47 Å². The standard InChI is InChI=1S/C6H6BrNO2S/c7-5-6(8-3-11-5)10-2-4-1-9-4/h3-4H,1-2H2. The number of epoxide rings is 1. The van der Waals surface area contributed by atoms with Gasteiger partial charge in [0.2, 0.25) is 5.88 Å². The van der Waals surface area contributed by atoms with Crippen molar-refractivity contribution in [3.63, 3.8) is 0 Å². The topological polar surface area (TPSA) is 34.6 Å². The third-order valence-electron chi connectivity index (χ3n) is 1.30. The van der Waals surface area contributed by atoms with Gasteiger partial charge in [0.1, 0.15) is 16.5 Å². The maximum atomic E-state index is 5.33. The van der Waals surface area contributed by atoms with Crippen LogP contribution in [0, 0.1) is 0 Å². The molecule has 60 valence electrons. The Hall–Kier alpha value is -0.130. The number of hydrogen-bond acceptors (Lipinski definition) is 4. The molecular weight excluding hydrogens is 230 g/mol. The highest BCUT2D eigenvalue weighted by atomic mass is 79.9. The Morgan fingerprint density at radius 1 is 1.91 bits per heavy atom. The SMILES string of the molecule is Brc1scnc1OCC1CO1. The average molecular weight is 236 g/mol. The summed E-state index contributed by atoms with van der Waals surface area (Å²) in [6.07, 6.45) is 0.295. The van der Waals surface area contributed by atoms with Gasteiger partial charge in [0.15, 0.2) is 0 Å². The molecule has 0 amide bonds. The second-order valence-corrected chi connectivity index (χ2v) is 4.37. The molecule has 2 heterocycles. The van der Waals surface area contributed by atoms with Crippen LogP contribution in [0.2, 0.25) is 0 Å². The lowest BCUT2D eigenvalue weighted by atomic mass is 10.5. The molecule has 1 unspecified atom stereocenters. The van der Waals surface area contributed by atoms with Crippen molar-refractivity contribution in [3.05, 3.63) is 9.30 Å². The second-order valence-electron chi connectivity index (χ2n) is 2.20. The number of aromatic nitrogens is 1. The highest BCUT2D eigenvalue weighted by Gasteiger charge is 2.23. The third kappa shape index (κ3) is 1.91. The lowest BCUT2D eigenvalue weighted by Gasteiger charge is -1.98. The predicted octanol–water partition coefficient (Wildman–Crippen LogP) is 1.68. The van der Waals surface area contributed by atoms with Crippen molar-refractivity contribution in [2.75, 3.05) is 13.2 Å². The first-order chi connectivity index (χ1) is 5.36. The fraction of sp³-hybridized carbons (Fsp3) is 0.500. The van der Waals surface area contributed by atoms with Crippen molar-refractivity contribution in [1.82, 2.24) is 4.98 Å². The first kappa shape index (κ1) is 7.52. The van der Waals surface area contributed by atoms with Crippen molar-refractivity contribution in [2.24, 2.45) is 0 Å². The minimum atomic E-state index is 0.295. The summed E-state index contributed by atoms with van der Waals surface area (Å²) >= 11 is 4.84. The summed E-state index contributed by atoms with van der Waals surface area (Å²) < 4.78 is 11.3. The highest BCUT2D eigenvalue weighted by Crippen LogP contribution is 2.27. The fourth-order valence-electron chi connectivity index (χ4n) is 0.652. The Morgan fingerprint density at radius 2 is 2.73 bits per heavy atom. The number of hydrogen-bond donors (Lipinski definition) is 0. The van der Waals surface area contributed by atoms with E-state index in [9.17, 15) is 0 Å². The number of thiazole rings is 1. The van der Waals surface area contributed by atoms with Gasteiger partial charge in [-0.3, -0.25) is 0 Å². The smallest absolute Gasteiger partial charge is 0.239 e. The van der Waals surface area contributed by atoms with Gasteiger partial charge in [-0.2, -0.15) is 0 Å². The maximum Gasteiger partial charge on any atom is 0.239 e. The molecule has 3 nitrogen and oxygen atoms in total. The van der Waals surface area contributed by atoms with Crippen molar-refractivity contribution in [3.8, 4) is 5.88 Å². The molecule has 0 spiro atoms. The summed E-state index contributed by atoms with van der Waals surface area (Å²) in [5.74, 6) is 0.672. The molecule has 0 aliphatic carbocycles. The Bertz CT molecular complexity index is 248. The highest BCUT2D eigenvalue weighted by molar-refractivity contribution is 9.11. The van der Waals surface area contributed by atoms with Crippen LogP contribution >= 0.6 is 27.3 Å². The molecule has 0 N–H and O–H groups in total. The van der Waals surface area contributed by atoms with Crippen LogP contribution in [0.25, 0.3) is 0 Å². The van der Waals surface area contributed by atoms with Gasteiger partial charge in [0.25, 0.3) is 0 Å². The van der Waals surface area contributed by atoms with Gasteiger partial charge < -0.3 is 9.47 Å². The molecule has 1 aliphatic heterocycles. The Morgan fingerprint density at radius 3 is 3.27 bits per heavy atom. The maximum absolute atomic E-state index is 5.33. The van der Waals surface area contributed by atoms with Crippen molar-refractivity contribution in [2.45, 2.75) is 6.10 Å². The number of halogens is 1. The molecule has 1 fully saturated rings. The van der Waals surface area contributed by atoms with E-state index in [1.165, 1.54) is 11.3 Å². The molecule has 1 aromatic heterocycles. The molecule has 5 heteroatoms. The molecule has 1 saturated heterocycles. The summed E-state index contributed by atoms with van der Waals surface area (Å²) in [6, 6.07) is 0. The molecular formula is C6H6BrNO2S. The van der Waals surface area contributed by atoms with E-state index in [2.05, 4.69) is 20.9 Å². The van der Waals surface area contributed by atoms with E-state index in [1.54, 1.807) is 5.51 Å². The van der Waals surface area contributed by atoms with Crippen LogP contribution in [0.3, 0.4) is 0 Å². The summed E-state index contributed by atoms with van der Waals surface area (Å²) in [7, 11) is 0. The average Bonchev–Trinajstić information content (AvgIpc) is 2.73. The van der Waals surface area contributed by atoms with Gasteiger partial charge in [-0.15, -0.1) is 11.3 Å². The van der Waals surface area contributed by atoms with Crippen LogP contribution in [-0.4, -0.2) is 24.3 Å². The molecule has 0 radical (unpaired) electrons. The molecule has 0 saturated carbocycles. The minimum Gasteiger partial charge on any atom is -0.473 e. The quantitative estimate of drug-likeness (QED) is 0.749. The van der Waals surface area contributed by atoms with E-state index in [-0.39, 0.29) is 0 Å². The Labute approximate surface area is 76.5 Å². The summed E-state index contributed by atoms with van der Waals surface area (Å²) in [4.78, 5) is 4.01. The fourth-order valence-corrected chi connectivity index (χ4v) is 1.57. The van der Waals surface area contributed by atoms with E-state index in [4.69, 9.17) is 9.47 Å². The number of ether oxygens (including phenoxy) is 2. The van der Waals surface area contributed by atoms with Crippen LogP contribution in [0.1, 0.15) is 0 Å². The van der Waals surface area contributed by atoms with E-state index < -0.39 is 0 Å². The van der Waals surface area contributed by atoms with Crippen LogP contribution in [0.15, 0.2) is 9.30 Å².